The maximum Gasteiger partial charge on any atom is 0.417 e. The zero-order valence-electron chi connectivity index (χ0n) is 24.6. The molecule has 0 unspecified atom stereocenters. The highest BCUT2D eigenvalue weighted by Crippen LogP contribution is 2.34. The number of rotatable bonds is 7. The summed E-state index contributed by atoms with van der Waals surface area (Å²) in [5.41, 5.74) is -2.29. The third-order valence-corrected chi connectivity index (χ3v) is 7.33. The third kappa shape index (κ3) is 9.23. The lowest BCUT2D eigenvalue weighted by Crippen LogP contribution is -2.37. The lowest BCUT2D eigenvalue weighted by atomic mass is 10.1. The molecular weight excluding hydrogens is 608 g/mol. The number of benzene rings is 2. The van der Waals surface area contributed by atoms with Crippen LogP contribution in [0.1, 0.15) is 42.3 Å². The van der Waals surface area contributed by atoms with Gasteiger partial charge in [0.05, 0.1) is 15.3 Å². The first-order valence-electron chi connectivity index (χ1n) is 12.9. The van der Waals surface area contributed by atoms with Crippen LogP contribution in [0.25, 0.3) is 0 Å². The first kappa shape index (κ1) is 34.0. The van der Waals surface area contributed by atoms with E-state index >= 15 is 0 Å². The second kappa shape index (κ2) is 13.0. The average Bonchev–Trinajstić information content (AvgIpc) is 2.88. The number of aromatic nitrogens is 1. The Morgan fingerprint density at radius 3 is 2.36 bits per heavy atom. The first-order valence-corrected chi connectivity index (χ1v) is 14.8. The van der Waals surface area contributed by atoms with E-state index in [2.05, 4.69) is 14.7 Å². The number of alkyl halides is 3. The Bertz CT molecular complexity index is 1710. The van der Waals surface area contributed by atoms with Gasteiger partial charge in [-0.1, -0.05) is 6.07 Å². The van der Waals surface area contributed by atoms with Crippen molar-refractivity contribution in [2.24, 2.45) is 4.36 Å². The Morgan fingerprint density at radius 1 is 1.07 bits per heavy atom. The summed E-state index contributed by atoms with van der Waals surface area (Å²) in [5, 5.41) is 2.41. The minimum Gasteiger partial charge on any atom is -0.444 e. The van der Waals surface area contributed by atoms with Gasteiger partial charge in [0.1, 0.15) is 29.3 Å². The second-order valence-corrected chi connectivity index (χ2v) is 13.0. The summed E-state index contributed by atoms with van der Waals surface area (Å²) >= 11 is 0. The molecule has 0 aliphatic heterocycles. The Morgan fingerprint density at radius 2 is 1.75 bits per heavy atom. The predicted molar refractivity (Wildman–Crippen MR) is 153 cm³/mol. The smallest absolute Gasteiger partial charge is 0.417 e. The normalized spacial score (nSPS) is 13.0. The van der Waals surface area contributed by atoms with Gasteiger partial charge in [-0.2, -0.15) is 17.5 Å². The summed E-state index contributed by atoms with van der Waals surface area (Å²) in [4.78, 5) is 42.5. The molecule has 1 N–H and O–H groups in total. The predicted octanol–water partition coefficient (Wildman–Crippen LogP) is 6.44. The maximum absolute atomic E-state index is 13.5. The monoisotopic (exact) mass is 638 g/mol. The van der Waals surface area contributed by atoms with Crippen molar-refractivity contribution in [1.29, 1.82) is 0 Å². The number of likely N-dealkylation sites (N-methyl/N-ethyl adjacent to an activating group) is 1. The summed E-state index contributed by atoms with van der Waals surface area (Å²) in [6, 6.07) is 9.39. The van der Waals surface area contributed by atoms with E-state index in [1.54, 1.807) is 20.8 Å². The SMILES string of the molecule is Cc1cc(F)ccc1Oc1ncc(C(F)(F)F)cc1C(=O)Nc1cccc([S@@](C)(=O)=NC(=O)CN(C)C(=O)OC(C)(C)C)c1. The second-order valence-electron chi connectivity index (χ2n) is 10.7. The highest BCUT2D eigenvalue weighted by molar-refractivity contribution is 7.93. The zero-order chi connectivity index (χ0) is 33.0. The van der Waals surface area contributed by atoms with Gasteiger partial charge in [-0.3, -0.25) is 9.59 Å². The van der Waals surface area contributed by atoms with E-state index in [0.29, 0.717) is 17.8 Å². The summed E-state index contributed by atoms with van der Waals surface area (Å²) in [5.74, 6) is -2.92. The molecule has 3 rings (SSSR count). The molecule has 44 heavy (non-hydrogen) atoms. The van der Waals surface area contributed by atoms with E-state index in [9.17, 15) is 36.2 Å². The number of ether oxygens (including phenoxy) is 2. The standard InChI is InChI=1S/C29H30F4N4O6S/c1-17-12-19(30)10-11-23(17)42-26-22(13-18(15-34-26)29(31,32)33)25(39)35-20-8-7-9-21(14-20)44(6,41)36-24(38)16-37(5)27(40)43-28(2,3)4/h7-15H,16H2,1-6H3,(H,35,39)/t44-/m1/s1. The molecule has 15 heteroatoms. The number of anilines is 1. The van der Waals surface area contributed by atoms with Crippen LogP contribution >= 0.6 is 0 Å². The molecule has 0 radical (unpaired) electrons. The lowest BCUT2D eigenvalue weighted by molar-refractivity contribution is -0.137. The summed E-state index contributed by atoms with van der Waals surface area (Å²) in [7, 11) is -2.08. The molecule has 3 amide bonds. The quantitative estimate of drug-likeness (QED) is 0.295. The molecule has 1 aromatic heterocycles. The molecule has 0 aliphatic carbocycles. The number of carbonyl (C=O) groups is 3. The van der Waals surface area contributed by atoms with Crippen LogP contribution in [0.3, 0.4) is 0 Å². The molecule has 2 aromatic carbocycles. The van der Waals surface area contributed by atoms with E-state index in [-0.39, 0.29) is 16.3 Å². The average molecular weight is 639 g/mol. The van der Waals surface area contributed by atoms with Crippen molar-refractivity contribution in [2.75, 3.05) is 25.2 Å². The number of nitrogens with one attached hydrogen (secondary N) is 1. The van der Waals surface area contributed by atoms with Gasteiger partial charge in [0.2, 0.25) is 5.88 Å². The number of amides is 3. The molecule has 0 saturated heterocycles. The van der Waals surface area contributed by atoms with Gasteiger partial charge in [0.25, 0.3) is 11.8 Å². The maximum atomic E-state index is 13.5. The van der Waals surface area contributed by atoms with Crippen LogP contribution in [0, 0.1) is 12.7 Å². The molecule has 1 heterocycles. The fraction of sp³-hybridized carbons (Fsp3) is 0.310. The minimum atomic E-state index is -4.83. The number of pyridine rings is 1. The van der Waals surface area contributed by atoms with E-state index < -0.39 is 68.8 Å². The Kier molecular flexibility index (Phi) is 10.0. The number of aryl methyl sites for hydroxylation is 1. The third-order valence-electron chi connectivity index (χ3n) is 5.65. The zero-order valence-corrected chi connectivity index (χ0v) is 25.4. The van der Waals surface area contributed by atoms with Gasteiger partial charge in [-0.25, -0.2) is 18.4 Å². The highest BCUT2D eigenvalue weighted by Gasteiger charge is 2.33. The van der Waals surface area contributed by atoms with Crippen molar-refractivity contribution in [3.05, 3.63) is 77.2 Å². The van der Waals surface area contributed by atoms with Crippen LogP contribution in [-0.4, -0.2) is 57.4 Å². The Hall–Kier alpha value is -4.53. The fourth-order valence-corrected chi connectivity index (χ4v) is 4.80. The van der Waals surface area contributed by atoms with E-state index in [1.807, 2.05) is 0 Å². The molecule has 236 valence electrons. The van der Waals surface area contributed by atoms with Crippen molar-refractivity contribution in [2.45, 2.75) is 44.4 Å². The van der Waals surface area contributed by atoms with Gasteiger partial charge in [0.15, 0.2) is 0 Å². The molecule has 0 saturated carbocycles. The molecule has 0 fully saturated rings. The van der Waals surface area contributed by atoms with Crippen molar-refractivity contribution >= 4 is 33.3 Å². The number of hydrogen-bond acceptors (Lipinski definition) is 7. The van der Waals surface area contributed by atoms with Crippen LogP contribution in [0.4, 0.5) is 28.0 Å². The summed E-state index contributed by atoms with van der Waals surface area (Å²) < 4.78 is 81.7. The first-order chi connectivity index (χ1) is 20.2. The largest absolute Gasteiger partial charge is 0.444 e. The highest BCUT2D eigenvalue weighted by atomic mass is 32.2. The van der Waals surface area contributed by atoms with Crippen LogP contribution in [0.15, 0.2) is 64.0 Å². The Balaban J connectivity index is 1.88. The van der Waals surface area contributed by atoms with E-state index in [1.165, 1.54) is 50.6 Å². The van der Waals surface area contributed by atoms with Gasteiger partial charge in [0, 0.05) is 30.1 Å². The van der Waals surface area contributed by atoms with Crippen molar-refractivity contribution < 1.29 is 45.6 Å². The molecule has 0 bridgehead atoms. The topological polar surface area (TPSA) is 127 Å². The van der Waals surface area contributed by atoms with Gasteiger partial charge >= 0.3 is 12.3 Å². The molecule has 0 spiro atoms. The lowest BCUT2D eigenvalue weighted by Gasteiger charge is -2.23. The molecular formula is C29H30F4N4O6S. The van der Waals surface area contributed by atoms with Gasteiger partial charge < -0.3 is 19.7 Å². The van der Waals surface area contributed by atoms with Crippen LogP contribution < -0.4 is 10.1 Å². The molecule has 3 aromatic rings. The van der Waals surface area contributed by atoms with Gasteiger partial charge in [-0.15, -0.1) is 0 Å². The van der Waals surface area contributed by atoms with E-state index in [4.69, 9.17) is 9.47 Å². The van der Waals surface area contributed by atoms with Crippen LogP contribution in [0.5, 0.6) is 11.6 Å². The minimum absolute atomic E-state index is 0.0110. The summed E-state index contributed by atoms with van der Waals surface area (Å²) in [6.07, 6.45) is -3.94. The number of nitrogens with zero attached hydrogens (tertiary/aromatic N) is 3. The summed E-state index contributed by atoms with van der Waals surface area (Å²) in [6.45, 7) is 5.94. The van der Waals surface area contributed by atoms with Crippen LogP contribution in [0.2, 0.25) is 0 Å². The number of halogens is 4. The Labute approximate surface area is 251 Å². The van der Waals surface area contributed by atoms with Crippen molar-refractivity contribution in [3.63, 3.8) is 0 Å². The molecule has 10 nitrogen and oxygen atoms in total. The number of carbonyl (C=O) groups excluding carboxylic acids is 3. The van der Waals surface area contributed by atoms with Crippen molar-refractivity contribution in [3.8, 4) is 11.6 Å². The van der Waals surface area contributed by atoms with Gasteiger partial charge in [-0.05, 0) is 75.7 Å². The fourth-order valence-electron chi connectivity index (χ4n) is 3.57. The number of hydrogen-bond donors (Lipinski definition) is 1. The van der Waals surface area contributed by atoms with Crippen molar-refractivity contribution in [1.82, 2.24) is 9.88 Å². The molecule has 1 atom stereocenters. The molecule has 0 aliphatic rings. The van der Waals surface area contributed by atoms with E-state index in [0.717, 1.165) is 17.0 Å². The van der Waals surface area contributed by atoms with Crippen LogP contribution in [-0.2, 0) is 25.4 Å².